The topological polar surface area (TPSA) is 54.0 Å². The zero-order valence-corrected chi connectivity index (χ0v) is 13.6. The van der Waals surface area contributed by atoms with Crippen LogP contribution in [0.25, 0.3) is 0 Å². The van der Waals surface area contributed by atoms with E-state index in [0.29, 0.717) is 5.56 Å². The van der Waals surface area contributed by atoms with Gasteiger partial charge in [0.1, 0.15) is 5.82 Å². The molecule has 0 atom stereocenters. The van der Waals surface area contributed by atoms with Crippen LogP contribution in [0.15, 0.2) is 36.4 Å². The Hall–Kier alpha value is -1.63. The Morgan fingerprint density at radius 1 is 1.30 bits per heavy atom. The molecule has 1 aromatic carbocycles. The Morgan fingerprint density at radius 2 is 2.05 bits per heavy atom. The summed E-state index contributed by atoms with van der Waals surface area (Å²) in [4.78, 5) is 16.6. The smallest absolute Gasteiger partial charge is 0.255 e. The zero-order valence-electron chi connectivity index (χ0n) is 11.4. The predicted molar refractivity (Wildman–Crippen MR) is 90.2 cm³/mol. The van der Waals surface area contributed by atoms with Crippen LogP contribution in [-0.4, -0.2) is 17.4 Å². The number of carbonyl (C=O) groups excluding carboxylic acids is 1. The first-order chi connectivity index (χ1) is 9.60. The summed E-state index contributed by atoms with van der Waals surface area (Å²) in [6.45, 7) is 4.65. The molecule has 0 radical (unpaired) electrons. The molecule has 0 fully saturated rings. The first kappa shape index (κ1) is 14.8. The van der Waals surface area contributed by atoms with Gasteiger partial charge in [-0.25, -0.2) is 4.98 Å². The van der Waals surface area contributed by atoms with E-state index in [1.807, 2.05) is 38.1 Å². The number of rotatable bonds is 4. The van der Waals surface area contributed by atoms with Gasteiger partial charge in [-0.15, -0.1) is 0 Å². The average molecular weight is 381 g/mol. The molecule has 1 amide bonds. The van der Waals surface area contributed by atoms with Crippen molar-refractivity contribution in [2.75, 3.05) is 17.2 Å². The van der Waals surface area contributed by atoms with Gasteiger partial charge in [0.25, 0.3) is 5.91 Å². The van der Waals surface area contributed by atoms with Crippen LogP contribution in [0.2, 0.25) is 0 Å². The molecule has 0 aliphatic heterocycles. The van der Waals surface area contributed by atoms with Crippen molar-refractivity contribution in [3.05, 3.63) is 51.2 Å². The molecular formula is C15H16IN3O. The maximum absolute atomic E-state index is 12.3. The lowest BCUT2D eigenvalue weighted by molar-refractivity contribution is 0.102. The second-order valence-corrected chi connectivity index (χ2v) is 5.51. The number of halogens is 1. The summed E-state index contributed by atoms with van der Waals surface area (Å²) in [5, 5.41) is 6.05. The first-order valence-electron chi connectivity index (χ1n) is 6.38. The molecule has 2 aromatic rings. The summed E-state index contributed by atoms with van der Waals surface area (Å²) >= 11 is 2.20. The van der Waals surface area contributed by atoms with Crippen molar-refractivity contribution in [3.8, 4) is 0 Å². The number of nitrogens with one attached hydrogen (secondary N) is 2. The summed E-state index contributed by atoms with van der Waals surface area (Å²) in [6.07, 6.45) is 0. The molecule has 2 N–H and O–H groups in total. The molecule has 0 aliphatic rings. The second kappa shape index (κ2) is 6.69. The summed E-state index contributed by atoms with van der Waals surface area (Å²) in [5.74, 6) is 0.596. The molecule has 5 heteroatoms. The van der Waals surface area contributed by atoms with Crippen LogP contribution in [0.3, 0.4) is 0 Å². The Kier molecular flexibility index (Phi) is 4.94. The van der Waals surface area contributed by atoms with Crippen LogP contribution in [-0.2, 0) is 0 Å². The molecule has 0 saturated heterocycles. The third kappa shape index (κ3) is 3.69. The highest BCUT2D eigenvalue weighted by Crippen LogP contribution is 2.19. The van der Waals surface area contributed by atoms with Gasteiger partial charge in [0.2, 0.25) is 0 Å². The van der Waals surface area contributed by atoms with Crippen molar-refractivity contribution < 1.29 is 4.79 Å². The number of hydrogen-bond acceptors (Lipinski definition) is 3. The van der Waals surface area contributed by atoms with Crippen molar-refractivity contribution in [3.63, 3.8) is 0 Å². The lowest BCUT2D eigenvalue weighted by atomic mass is 10.2. The van der Waals surface area contributed by atoms with Gasteiger partial charge >= 0.3 is 0 Å². The number of pyridine rings is 1. The van der Waals surface area contributed by atoms with Gasteiger partial charge in [0.05, 0.1) is 5.69 Å². The Balaban J connectivity index is 2.23. The van der Waals surface area contributed by atoms with Gasteiger partial charge in [-0.2, -0.15) is 0 Å². The third-order valence-electron chi connectivity index (χ3n) is 2.70. The van der Waals surface area contributed by atoms with Gasteiger partial charge in [0, 0.05) is 21.4 Å². The minimum atomic E-state index is -0.126. The number of carbonyl (C=O) groups is 1. The maximum atomic E-state index is 12.3. The van der Waals surface area contributed by atoms with Crippen LogP contribution in [0, 0.1) is 10.5 Å². The van der Waals surface area contributed by atoms with E-state index in [2.05, 4.69) is 38.2 Å². The molecular weight excluding hydrogens is 365 g/mol. The van der Waals surface area contributed by atoms with Gasteiger partial charge < -0.3 is 10.6 Å². The summed E-state index contributed by atoms with van der Waals surface area (Å²) in [6, 6.07) is 11.2. The fourth-order valence-corrected chi connectivity index (χ4v) is 2.35. The van der Waals surface area contributed by atoms with Crippen LogP contribution in [0.4, 0.5) is 11.5 Å². The summed E-state index contributed by atoms with van der Waals surface area (Å²) in [5.41, 5.74) is 2.24. The largest absolute Gasteiger partial charge is 0.370 e. The van der Waals surface area contributed by atoms with Gasteiger partial charge in [-0.05, 0) is 60.7 Å². The number of hydrogen-bond donors (Lipinski definition) is 2. The minimum Gasteiger partial charge on any atom is -0.370 e. The van der Waals surface area contributed by atoms with E-state index in [1.165, 1.54) is 0 Å². The predicted octanol–water partition coefficient (Wildman–Crippen LogP) is 3.68. The highest BCUT2D eigenvalue weighted by molar-refractivity contribution is 14.1. The molecule has 0 unspecified atom stereocenters. The van der Waals surface area contributed by atoms with Crippen LogP contribution in [0.5, 0.6) is 0 Å². The zero-order chi connectivity index (χ0) is 14.5. The molecule has 20 heavy (non-hydrogen) atoms. The summed E-state index contributed by atoms with van der Waals surface area (Å²) in [7, 11) is 0. The number of anilines is 2. The highest BCUT2D eigenvalue weighted by atomic mass is 127. The number of benzene rings is 1. The SMILES string of the molecule is CCNc1cc(C(=O)Nc2ccccc2I)cc(C)n1. The normalized spacial score (nSPS) is 10.2. The van der Waals surface area contributed by atoms with Crippen molar-refractivity contribution in [1.29, 1.82) is 0 Å². The maximum Gasteiger partial charge on any atom is 0.255 e. The molecule has 1 aromatic heterocycles. The molecule has 0 bridgehead atoms. The number of nitrogens with zero attached hydrogens (tertiary/aromatic N) is 1. The third-order valence-corrected chi connectivity index (χ3v) is 3.64. The Morgan fingerprint density at radius 3 is 2.75 bits per heavy atom. The summed E-state index contributed by atoms with van der Waals surface area (Å²) < 4.78 is 1.01. The van der Waals surface area contributed by atoms with Crippen LogP contribution >= 0.6 is 22.6 Å². The number of para-hydroxylation sites is 1. The van der Waals surface area contributed by atoms with E-state index < -0.39 is 0 Å². The van der Waals surface area contributed by atoms with Gasteiger partial charge in [-0.3, -0.25) is 4.79 Å². The molecule has 0 aliphatic carbocycles. The molecule has 4 nitrogen and oxygen atoms in total. The highest BCUT2D eigenvalue weighted by Gasteiger charge is 2.10. The molecule has 0 spiro atoms. The van der Waals surface area contributed by atoms with E-state index in [0.717, 1.165) is 27.3 Å². The van der Waals surface area contributed by atoms with Crippen molar-refractivity contribution >= 4 is 40.0 Å². The Labute approximate surface area is 132 Å². The monoisotopic (exact) mass is 381 g/mol. The number of aryl methyl sites for hydroxylation is 1. The average Bonchev–Trinajstić information content (AvgIpc) is 2.41. The standard InChI is InChI=1S/C15H16IN3O/c1-3-17-14-9-11(8-10(2)18-14)15(20)19-13-7-5-4-6-12(13)16/h4-9H,3H2,1-2H3,(H,17,18)(H,19,20). The molecule has 0 saturated carbocycles. The van der Waals surface area contributed by atoms with Crippen molar-refractivity contribution in [2.45, 2.75) is 13.8 Å². The van der Waals surface area contributed by atoms with E-state index in [-0.39, 0.29) is 5.91 Å². The van der Waals surface area contributed by atoms with Crippen molar-refractivity contribution in [1.82, 2.24) is 4.98 Å². The lowest BCUT2D eigenvalue weighted by Crippen LogP contribution is -2.14. The number of aromatic nitrogens is 1. The second-order valence-electron chi connectivity index (χ2n) is 4.35. The van der Waals surface area contributed by atoms with Gasteiger partial charge in [0.15, 0.2) is 0 Å². The molecule has 1 heterocycles. The van der Waals surface area contributed by atoms with Crippen LogP contribution < -0.4 is 10.6 Å². The molecule has 2 rings (SSSR count). The van der Waals surface area contributed by atoms with E-state index in [9.17, 15) is 4.79 Å². The fourth-order valence-electron chi connectivity index (χ4n) is 1.83. The number of amides is 1. The van der Waals surface area contributed by atoms with E-state index in [4.69, 9.17) is 0 Å². The van der Waals surface area contributed by atoms with E-state index >= 15 is 0 Å². The Bertz CT molecular complexity index is 628. The van der Waals surface area contributed by atoms with Crippen molar-refractivity contribution in [2.24, 2.45) is 0 Å². The van der Waals surface area contributed by atoms with E-state index in [1.54, 1.807) is 12.1 Å². The minimum absolute atomic E-state index is 0.126. The van der Waals surface area contributed by atoms with Gasteiger partial charge in [-0.1, -0.05) is 12.1 Å². The molecule has 104 valence electrons. The quantitative estimate of drug-likeness (QED) is 0.795. The lowest BCUT2D eigenvalue weighted by Gasteiger charge is -2.09. The van der Waals surface area contributed by atoms with Crippen LogP contribution in [0.1, 0.15) is 23.0 Å². The fraction of sp³-hybridized carbons (Fsp3) is 0.200. The first-order valence-corrected chi connectivity index (χ1v) is 7.46.